The first-order valence-electron chi connectivity index (χ1n) is 4.87. The van der Waals surface area contributed by atoms with Crippen LogP contribution in [-0.2, 0) is 4.79 Å². The lowest BCUT2D eigenvalue weighted by molar-refractivity contribution is -0.119. The molecular weight excluding hydrogens is 150 g/mol. The highest BCUT2D eigenvalue weighted by Crippen LogP contribution is 2.22. The molecule has 0 aromatic rings. The first kappa shape index (κ1) is 14.0. The molecule has 74 valence electrons. The van der Waals surface area contributed by atoms with Crippen molar-refractivity contribution < 1.29 is 4.79 Å². The second kappa shape index (κ2) is 7.14. The summed E-state index contributed by atoms with van der Waals surface area (Å²) in [4.78, 5) is 10.5. The van der Waals surface area contributed by atoms with Crippen molar-refractivity contribution in [1.29, 1.82) is 0 Å². The molecule has 0 aliphatic carbocycles. The Labute approximate surface area is 76.7 Å². The molecule has 2 nitrogen and oxygen atoms in total. The van der Waals surface area contributed by atoms with Gasteiger partial charge in [-0.05, 0) is 5.41 Å². The van der Waals surface area contributed by atoms with Gasteiger partial charge in [0, 0.05) is 13.0 Å². The van der Waals surface area contributed by atoms with Gasteiger partial charge in [0.1, 0.15) is 0 Å². The van der Waals surface area contributed by atoms with E-state index in [1.807, 2.05) is 27.7 Å². The molecule has 1 N–H and O–H groups in total. The van der Waals surface area contributed by atoms with Crippen molar-refractivity contribution in [2.75, 3.05) is 6.54 Å². The van der Waals surface area contributed by atoms with Gasteiger partial charge in [-0.2, -0.15) is 0 Å². The van der Waals surface area contributed by atoms with E-state index in [-0.39, 0.29) is 11.3 Å². The second-order valence-corrected chi connectivity index (χ2v) is 3.12. The third kappa shape index (κ3) is 6.20. The monoisotopic (exact) mass is 173 g/mol. The molecule has 0 saturated carbocycles. The molecule has 1 aliphatic rings. The largest absolute Gasteiger partial charge is 0.356 e. The van der Waals surface area contributed by atoms with Crippen molar-refractivity contribution in [3.63, 3.8) is 0 Å². The van der Waals surface area contributed by atoms with Gasteiger partial charge in [0.05, 0.1) is 0 Å². The van der Waals surface area contributed by atoms with Crippen LogP contribution < -0.4 is 5.32 Å². The van der Waals surface area contributed by atoms with Crippen molar-refractivity contribution >= 4 is 5.91 Å². The fourth-order valence-corrected chi connectivity index (χ4v) is 0.898. The zero-order valence-electron chi connectivity index (χ0n) is 9.32. The molecule has 1 aliphatic heterocycles. The molecule has 0 spiro atoms. The summed E-state index contributed by atoms with van der Waals surface area (Å²) in [6, 6.07) is 0. The van der Waals surface area contributed by atoms with Crippen LogP contribution in [0.15, 0.2) is 0 Å². The third-order valence-electron chi connectivity index (χ3n) is 1.40. The fourth-order valence-electron chi connectivity index (χ4n) is 0.898. The summed E-state index contributed by atoms with van der Waals surface area (Å²) in [7, 11) is 0. The summed E-state index contributed by atoms with van der Waals surface area (Å²) in [5, 5.41) is 2.77. The highest BCUT2D eigenvalue weighted by Gasteiger charge is 2.28. The van der Waals surface area contributed by atoms with E-state index in [9.17, 15) is 4.79 Å². The molecule has 1 amide bonds. The fraction of sp³-hybridized carbons (Fsp3) is 0.900. The molecule has 2 heteroatoms. The Kier molecular flexibility index (Phi) is 8.34. The van der Waals surface area contributed by atoms with E-state index >= 15 is 0 Å². The predicted octanol–water partition coefficient (Wildman–Crippen LogP) is 2.58. The molecule has 0 radical (unpaired) electrons. The summed E-state index contributed by atoms with van der Waals surface area (Å²) >= 11 is 0. The highest BCUT2D eigenvalue weighted by atomic mass is 16.1. The van der Waals surface area contributed by atoms with Gasteiger partial charge in [-0.15, -0.1) is 0 Å². The zero-order valence-corrected chi connectivity index (χ0v) is 9.32. The Morgan fingerprint density at radius 3 is 1.67 bits per heavy atom. The lowest BCUT2D eigenvalue weighted by Crippen LogP contribution is -2.16. The lowest BCUT2D eigenvalue weighted by Gasteiger charge is -2.11. The van der Waals surface area contributed by atoms with Gasteiger partial charge in [0.15, 0.2) is 0 Å². The topological polar surface area (TPSA) is 29.1 Å². The minimum Gasteiger partial charge on any atom is -0.356 e. The van der Waals surface area contributed by atoms with Crippen LogP contribution in [0.1, 0.15) is 48.0 Å². The average Bonchev–Trinajstić information content (AvgIpc) is 2.37. The van der Waals surface area contributed by atoms with E-state index in [2.05, 4.69) is 19.2 Å². The molecule has 0 aromatic carbocycles. The zero-order chi connectivity index (χ0) is 10.2. The Morgan fingerprint density at radius 1 is 1.17 bits per heavy atom. The number of rotatable bonds is 0. The number of hydrogen-bond acceptors (Lipinski definition) is 1. The lowest BCUT2D eigenvalue weighted by atomic mass is 9.93. The van der Waals surface area contributed by atoms with Crippen molar-refractivity contribution in [3.05, 3.63) is 0 Å². The van der Waals surface area contributed by atoms with E-state index in [0.29, 0.717) is 6.42 Å². The van der Waals surface area contributed by atoms with Crippen LogP contribution in [0.5, 0.6) is 0 Å². The highest BCUT2D eigenvalue weighted by molar-refractivity contribution is 5.78. The Balaban J connectivity index is 0. The average molecular weight is 173 g/mol. The summed E-state index contributed by atoms with van der Waals surface area (Å²) in [6.07, 6.45) is 0.688. The van der Waals surface area contributed by atoms with E-state index in [1.165, 1.54) is 0 Å². The van der Waals surface area contributed by atoms with Crippen molar-refractivity contribution in [3.8, 4) is 0 Å². The molecule has 0 aromatic heterocycles. The van der Waals surface area contributed by atoms with Gasteiger partial charge in [-0.1, -0.05) is 41.5 Å². The van der Waals surface area contributed by atoms with E-state index in [1.54, 1.807) is 0 Å². The van der Waals surface area contributed by atoms with Crippen LogP contribution in [0.3, 0.4) is 0 Å². The Bertz CT molecular complexity index is 119. The number of nitrogens with one attached hydrogen (secondary N) is 1. The van der Waals surface area contributed by atoms with Gasteiger partial charge < -0.3 is 5.32 Å². The second-order valence-electron chi connectivity index (χ2n) is 3.12. The SMILES string of the molecule is CC.CC.CC1(C)CNC(=O)C1. The number of amides is 1. The van der Waals surface area contributed by atoms with Gasteiger partial charge in [0.2, 0.25) is 5.91 Å². The maximum absolute atomic E-state index is 10.5. The first-order valence-corrected chi connectivity index (χ1v) is 4.87. The van der Waals surface area contributed by atoms with Crippen LogP contribution >= 0.6 is 0 Å². The van der Waals surface area contributed by atoms with Crippen molar-refractivity contribution in [2.24, 2.45) is 5.41 Å². The Hall–Kier alpha value is -0.530. The van der Waals surface area contributed by atoms with Gasteiger partial charge in [0.25, 0.3) is 0 Å². The molecular formula is C10H23NO. The molecule has 0 bridgehead atoms. The normalized spacial score (nSPS) is 18.0. The van der Waals surface area contributed by atoms with Crippen LogP contribution in [-0.4, -0.2) is 12.5 Å². The van der Waals surface area contributed by atoms with E-state index in [4.69, 9.17) is 0 Å². The molecule has 1 heterocycles. The summed E-state index contributed by atoms with van der Waals surface area (Å²) in [6.45, 7) is 13.0. The van der Waals surface area contributed by atoms with Crippen LogP contribution in [0.2, 0.25) is 0 Å². The molecule has 1 fully saturated rings. The first-order chi connectivity index (χ1) is 5.60. The molecule has 1 saturated heterocycles. The van der Waals surface area contributed by atoms with Crippen LogP contribution in [0.25, 0.3) is 0 Å². The van der Waals surface area contributed by atoms with E-state index < -0.39 is 0 Å². The Morgan fingerprint density at radius 2 is 1.58 bits per heavy atom. The molecule has 0 atom stereocenters. The van der Waals surface area contributed by atoms with E-state index in [0.717, 1.165) is 6.54 Å². The van der Waals surface area contributed by atoms with Crippen LogP contribution in [0.4, 0.5) is 0 Å². The smallest absolute Gasteiger partial charge is 0.220 e. The number of carbonyl (C=O) groups excluding carboxylic acids is 1. The summed E-state index contributed by atoms with van der Waals surface area (Å²) in [5.74, 6) is 0.190. The minimum absolute atomic E-state index is 0.190. The number of hydrogen-bond donors (Lipinski definition) is 1. The predicted molar refractivity (Wildman–Crippen MR) is 54.1 cm³/mol. The quantitative estimate of drug-likeness (QED) is 0.599. The van der Waals surface area contributed by atoms with Crippen LogP contribution in [0, 0.1) is 5.41 Å². The van der Waals surface area contributed by atoms with Gasteiger partial charge >= 0.3 is 0 Å². The maximum Gasteiger partial charge on any atom is 0.220 e. The summed E-state index contributed by atoms with van der Waals surface area (Å²) < 4.78 is 0. The molecule has 0 unspecified atom stereocenters. The van der Waals surface area contributed by atoms with Crippen molar-refractivity contribution in [2.45, 2.75) is 48.0 Å². The summed E-state index contributed by atoms with van der Waals surface area (Å²) in [5.41, 5.74) is 0.205. The standard InChI is InChI=1S/C6H11NO.2C2H6/c1-6(2)3-5(8)7-4-6;2*1-2/h3-4H2,1-2H3,(H,7,8);2*1-2H3. The minimum atomic E-state index is 0.190. The van der Waals surface area contributed by atoms with Gasteiger partial charge in [-0.25, -0.2) is 0 Å². The maximum atomic E-state index is 10.5. The molecule has 1 rings (SSSR count). The number of carbonyl (C=O) groups is 1. The third-order valence-corrected chi connectivity index (χ3v) is 1.40. The van der Waals surface area contributed by atoms with Gasteiger partial charge in [-0.3, -0.25) is 4.79 Å². The molecule has 12 heavy (non-hydrogen) atoms. The van der Waals surface area contributed by atoms with Crippen molar-refractivity contribution in [1.82, 2.24) is 5.32 Å².